The minimum Gasteiger partial charge on any atom is -0.452 e. The van der Waals surface area contributed by atoms with E-state index in [2.05, 4.69) is 10.3 Å². The number of halogens is 1. The predicted octanol–water partition coefficient (Wildman–Crippen LogP) is 3.89. The average Bonchev–Trinajstić information content (AvgIpc) is 3.09. The summed E-state index contributed by atoms with van der Waals surface area (Å²) in [5.74, 6) is -0.132. The SMILES string of the molecule is O=C(COC(=O)c1c[nH]c2ccccc12)NCCSc1ccc(Cl)cc1. The third kappa shape index (κ3) is 4.80. The van der Waals surface area contributed by atoms with Crippen LogP contribution in [0.1, 0.15) is 10.4 Å². The number of benzene rings is 2. The molecule has 0 atom stereocenters. The van der Waals surface area contributed by atoms with Crippen LogP contribution in [0.15, 0.2) is 59.6 Å². The molecule has 2 N–H and O–H groups in total. The first-order valence-corrected chi connectivity index (χ1v) is 9.38. The molecule has 0 saturated carbocycles. The normalized spacial score (nSPS) is 10.7. The zero-order chi connectivity index (χ0) is 18.4. The first kappa shape index (κ1) is 18.4. The van der Waals surface area contributed by atoms with Crippen molar-refractivity contribution in [2.75, 3.05) is 18.9 Å². The molecule has 0 bridgehead atoms. The largest absolute Gasteiger partial charge is 0.452 e. The molecule has 0 aliphatic rings. The van der Waals surface area contributed by atoms with E-state index in [4.69, 9.17) is 16.3 Å². The molecular weight excluding hydrogens is 372 g/mol. The van der Waals surface area contributed by atoms with E-state index in [-0.39, 0.29) is 12.5 Å². The lowest BCUT2D eigenvalue weighted by atomic mass is 10.2. The van der Waals surface area contributed by atoms with Crippen LogP contribution in [0.5, 0.6) is 0 Å². The van der Waals surface area contributed by atoms with Gasteiger partial charge >= 0.3 is 5.97 Å². The van der Waals surface area contributed by atoms with Gasteiger partial charge < -0.3 is 15.0 Å². The monoisotopic (exact) mass is 388 g/mol. The van der Waals surface area contributed by atoms with Crippen LogP contribution in [-0.4, -0.2) is 35.8 Å². The third-order valence-electron chi connectivity index (χ3n) is 3.65. The molecule has 1 aromatic heterocycles. The molecule has 3 rings (SSSR count). The number of amides is 1. The molecule has 1 heterocycles. The van der Waals surface area contributed by atoms with E-state index >= 15 is 0 Å². The highest BCUT2D eigenvalue weighted by Crippen LogP contribution is 2.20. The Labute approximate surface area is 160 Å². The van der Waals surface area contributed by atoms with Gasteiger partial charge in [-0.05, 0) is 30.3 Å². The summed E-state index contributed by atoms with van der Waals surface area (Å²) in [4.78, 5) is 28.0. The van der Waals surface area contributed by atoms with Crippen molar-refractivity contribution in [3.05, 3.63) is 65.3 Å². The van der Waals surface area contributed by atoms with Crippen LogP contribution in [0.25, 0.3) is 10.9 Å². The minimum atomic E-state index is -0.520. The number of carbonyl (C=O) groups is 2. The summed E-state index contributed by atoms with van der Waals surface area (Å²) in [6.07, 6.45) is 1.59. The maximum absolute atomic E-state index is 12.1. The molecule has 0 radical (unpaired) electrons. The second-order valence-corrected chi connectivity index (χ2v) is 7.08. The van der Waals surface area contributed by atoms with Gasteiger partial charge in [-0.3, -0.25) is 4.79 Å². The van der Waals surface area contributed by atoms with Crippen LogP contribution < -0.4 is 5.32 Å². The number of thioether (sulfide) groups is 1. The van der Waals surface area contributed by atoms with Gasteiger partial charge in [0.25, 0.3) is 5.91 Å². The fourth-order valence-electron chi connectivity index (χ4n) is 2.39. The van der Waals surface area contributed by atoms with E-state index in [1.165, 1.54) is 0 Å². The molecule has 0 fully saturated rings. The zero-order valence-electron chi connectivity index (χ0n) is 13.8. The molecule has 0 aliphatic heterocycles. The molecule has 7 heteroatoms. The summed E-state index contributed by atoms with van der Waals surface area (Å²) < 4.78 is 5.09. The van der Waals surface area contributed by atoms with Gasteiger partial charge in [-0.25, -0.2) is 4.79 Å². The van der Waals surface area contributed by atoms with Gasteiger partial charge in [0.15, 0.2) is 6.61 Å². The topological polar surface area (TPSA) is 71.2 Å². The molecule has 0 spiro atoms. The maximum Gasteiger partial charge on any atom is 0.340 e. The van der Waals surface area contributed by atoms with Crippen molar-refractivity contribution in [2.24, 2.45) is 0 Å². The number of aromatic amines is 1. The van der Waals surface area contributed by atoms with Gasteiger partial charge in [-0.1, -0.05) is 29.8 Å². The van der Waals surface area contributed by atoms with Crippen molar-refractivity contribution >= 4 is 46.1 Å². The smallest absolute Gasteiger partial charge is 0.340 e. The van der Waals surface area contributed by atoms with Crippen LogP contribution in [0.4, 0.5) is 0 Å². The van der Waals surface area contributed by atoms with E-state index < -0.39 is 5.97 Å². The lowest BCUT2D eigenvalue weighted by Gasteiger charge is -2.06. The number of ether oxygens (including phenoxy) is 1. The summed E-state index contributed by atoms with van der Waals surface area (Å²) in [6, 6.07) is 14.9. The van der Waals surface area contributed by atoms with Crippen molar-refractivity contribution in [3.63, 3.8) is 0 Å². The van der Waals surface area contributed by atoms with Crippen molar-refractivity contribution in [2.45, 2.75) is 4.90 Å². The Balaban J connectivity index is 1.39. The molecular formula is C19H17ClN2O3S. The van der Waals surface area contributed by atoms with Crippen molar-refractivity contribution in [3.8, 4) is 0 Å². The van der Waals surface area contributed by atoms with Gasteiger partial charge in [-0.15, -0.1) is 11.8 Å². The van der Waals surface area contributed by atoms with E-state index in [1.54, 1.807) is 18.0 Å². The highest BCUT2D eigenvalue weighted by atomic mass is 35.5. The second-order valence-electron chi connectivity index (χ2n) is 5.48. The Morgan fingerprint density at radius 2 is 1.88 bits per heavy atom. The number of hydrogen-bond acceptors (Lipinski definition) is 4. The number of hydrogen-bond donors (Lipinski definition) is 2. The molecule has 134 valence electrons. The average molecular weight is 389 g/mol. The minimum absolute atomic E-state index is 0.302. The van der Waals surface area contributed by atoms with E-state index in [1.807, 2.05) is 48.5 Å². The van der Waals surface area contributed by atoms with Gasteiger partial charge in [0.2, 0.25) is 0 Å². The molecule has 5 nitrogen and oxygen atoms in total. The van der Waals surface area contributed by atoms with Crippen molar-refractivity contribution in [1.29, 1.82) is 0 Å². The number of rotatable bonds is 7. The number of aromatic nitrogens is 1. The fraction of sp³-hybridized carbons (Fsp3) is 0.158. The molecule has 1 amide bonds. The fourth-order valence-corrected chi connectivity index (χ4v) is 3.28. The Morgan fingerprint density at radius 3 is 2.69 bits per heavy atom. The van der Waals surface area contributed by atoms with Crippen LogP contribution in [-0.2, 0) is 9.53 Å². The number of esters is 1. The molecule has 0 saturated heterocycles. The van der Waals surface area contributed by atoms with E-state index in [9.17, 15) is 9.59 Å². The van der Waals surface area contributed by atoms with Crippen LogP contribution >= 0.6 is 23.4 Å². The second kappa shape index (κ2) is 8.78. The standard InChI is InChI=1S/C19H17ClN2O3S/c20-13-5-7-14(8-6-13)26-10-9-21-18(23)12-25-19(24)16-11-22-17-4-2-1-3-15(16)17/h1-8,11,22H,9-10,12H2,(H,21,23). The Bertz CT molecular complexity index is 909. The third-order valence-corrected chi connectivity index (χ3v) is 4.92. The molecule has 3 aromatic rings. The zero-order valence-corrected chi connectivity index (χ0v) is 15.4. The summed E-state index contributed by atoms with van der Waals surface area (Å²) in [6.45, 7) is 0.181. The van der Waals surface area contributed by atoms with Crippen LogP contribution in [0.3, 0.4) is 0 Å². The molecule has 2 aromatic carbocycles. The Morgan fingerprint density at radius 1 is 1.12 bits per heavy atom. The lowest BCUT2D eigenvalue weighted by molar-refractivity contribution is -0.124. The summed E-state index contributed by atoms with van der Waals surface area (Å²) >= 11 is 7.44. The van der Waals surface area contributed by atoms with Crippen LogP contribution in [0.2, 0.25) is 5.02 Å². The number of para-hydroxylation sites is 1. The Kier molecular flexibility index (Phi) is 6.20. The molecule has 0 unspecified atom stereocenters. The Hall–Kier alpha value is -2.44. The lowest BCUT2D eigenvalue weighted by Crippen LogP contribution is -2.30. The number of fused-ring (bicyclic) bond motifs is 1. The van der Waals surface area contributed by atoms with Crippen molar-refractivity contribution < 1.29 is 14.3 Å². The van der Waals surface area contributed by atoms with E-state index in [0.29, 0.717) is 22.9 Å². The van der Waals surface area contributed by atoms with Gasteiger partial charge in [-0.2, -0.15) is 0 Å². The van der Waals surface area contributed by atoms with E-state index in [0.717, 1.165) is 15.8 Å². The summed E-state index contributed by atoms with van der Waals surface area (Å²) in [7, 11) is 0. The highest BCUT2D eigenvalue weighted by molar-refractivity contribution is 7.99. The number of nitrogens with one attached hydrogen (secondary N) is 2. The quantitative estimate of drug-likeness (QED) is 0.366. The highest BCUT2D eigenvalue weighted by Gasteiger charge is 2.14. The first-order chi connectivity index (χ1) is 12.6. The number of H-pyrrole nitrogens is 1. The van der Waals surface area contributed by atoms with Gasteiger partial charge in [0.1, 0.15) is 0 Å². The predicted molar refractivity (Wildman–Crippen MR) is 104 cm³/mol. The van der Waals surface area contributed by atoms with Crippen LogP contribution in [0, 0.1) is 0 Å². The summed E-state index contributed by atoms with van der Waals surface area (Å²) in [5, 5.41) is 4.20. The summed E-state index contributed by atoms with van der Waals surface area (Å²) in [5.41, 5.74) is 1.27. The van der Waals surface area contributed by atoms with Crippen molar-refractivity contribution in [1.82, 2.24) is 10.3 Å². The molecule has 26 heavy (non-hydrogen) atoms. The van der Waals surface area contributed by atoms with Gasteiger partial charge in [0.05, 0.1) is 5.56 Å². The first-order valence-electron chi connectivity index (χ1n) is 8.02. The molecule has 0 aliphatic carbocycles. The van der Waals surface area contributed by atoms with Gasteiger partial charge in [0, 0.05) is 39.3 Å². The number of carbonyl (C=O) groups excluding carboxylic acids is 2. The maximum atomic E-state index is 12.1.